The Balaban J connectivity index is 2.04. The van der Waals surface area contributed by atoms with Crippen LogP contribution in [0.25, 0.3) is 0 Å². The minimum atomic E-state index is 0.685. The van der Waals surface area contributed by atoms with Crippen molar-refractivity contribution in [1.29, 1.82) is 0 Å². The van der Waals surface area contributed by atoms with E-state index < -0.39 is 0 Å². The summed E-state index contributed by atoms with van der Waals surface area (Å²) in [7, 11) is 0. The third-order valence-corrected chi connectivity index (χ3v) is 4.07. The van der Waals surface area contributed by atoms with Gasteiger partial charge in [0.15, 0.2) is 0 Å². The van der Waals surface area contributed by atoms with Crippen molar-refractivity contribution in [2.45, 2.75) is 84.6 Å². The summed E-state index contributed by atoms with van der Waals surface area (Å²) in [6.07, 6.45) is 12.4. The Labute approximate surface area is 114 Å². The molecule has 0 radical (unpaired) electrons. The minimum Gasteiger partial charge on any atom is -0.358 e. The largest absolute Gasteiger partial charge is 0.358 e. The number of aliphatic imine (C=N–C) groups is 1. The van der Waals surface area contributed by atoms with E-state index in [2.05, 4.69) is 30.7 Å². The van der Waals surface area contributed by atoms with Crippen molar-refractivity contribution < 1.29 is 0 Å². The van der Waals surface area contributed by atoms with Gasteiger partial charge in [0, 0.05) is 19.1 Å². The molecular weight excluding hydrogens is 220 g/mol. The first-order valence-electron chi connectivity index (χ1n) is 8.03. The van der Waals surface area contributed by atoms with Gasteiger partial charge in [-0.15, -0.1) is 0 Å². The Morgan fingerprint density at radius 1 is 1.11 bits per heavy atom. The third kappa shape index (κ3) is 5.88. The molecule has 0 aromatic heterocycles. The first-order valence-corrected chi connectivity index (χ1v) is 8.03. The lowest BCUT2D eigenvalue weighted by Gasteiger charge is -2.33. The molecule has 18 heavy (non-hydrogen) atoms. The van der Waals surface area contributed by atoms with Crippen LogP contribution in [-0.4, -0.2) is 29.9 Å². The number of hydrogen-bond donors (Lipinski definition) is 0. The fourth-order valence-corrected chi connectivity index (χ4v) is 2.83. The van der Waals surface area contributed by atoms with Gasteiger partial charge in [0.2, 0.25) is 0 Å². The van der Waals surface area contributed by atoms with Crippen molar-refractivity contribution in [3.05, 3.63) is 0 Å². The predicted molar refractivity (Wildman–Crippen MR) is 81.4 cm³/mol. The van der Waals surface area contributed by atoms with Gasteiger partial charge in [0.05, 0.1) is 5.84 Å². The summed E-state index contributed by atoms with van der Waals surface area (Å²) in [5.41, 5.74) is 0. The SMILES string of the molecule is CCCCCCCCCC(C)N1CCCN=C1C. The maximum atomic E-state index is 4.55. The van der Waals surface area contributed by atoms with Crippen LogP contribution in [0.5, 0.6) is 0 Å². The van der Waals surface area contributed by atoms with Crippen molar-refractivity contribution in [1.82, 2.24) is 4.90 Å². The number of rotatable bonds is 9. The van der Waals surface area contributed by atoms with Crippen LogP contribution in [0.15, 0.2) is 4.99 Å². The van der Waals surface area contributed by atoms with E-state index in [-0.39, 0.29) is 0 Å². The molecule has 0 aromatic rings. The Bertz CT molecular complexity index is 235. The number of amidine groups is 1. The maximum Gasteiger partial charge on any atom is 0.0959 e. The van der Waals surface area contributed by atoms with Gasteiger partial charge < -0.3 is 4.90 Å². The molecule has 1 rings (SSSR count). The van der Waals surface area contributed by atoms with Crippen LogP contribution < -0.4 is 0 Å². The monoisotopic (exact) mass is 252 g/mol. The van der Waals surface area contributed by atoms with Crippen LogP contribution in [0.2, 0.25) is 0 Å². The van der Waals surface area contributed by atoms with Crippen molar-refractivity contribution in [2.24, 2.45) is 4.99 Å². The number of unbranched alkanes of at least 4 members (excludes halogenated alkanes) is 6. The molecule has 1 heterocycles. The second kappa shape index (κ2) is 9.41. The predicted octanol–water partition coefficient (Wildman–Crippen LogP) is 4.64. The molecule has 1 aliphatic heterocycles. The smallest absolute Gasteiger partial charge is 0.0959 e. The second-order valence-corrected chi connectivity index (χ2v) is 5.73. The van der Waals surface area contributed by atoms with E-state index in [9.17, 15) is 0 Å². The van der Waals surface area contributed by atoms with Gasteiger partial charge >= 0.3 is 0 Å². The fourth-order valence-electron chi connectivity index (χ4n) is 2.83. The first-order chi connectivity index (χ1) is 8.75. The Hall–Kier alpha value is -0.530. The van der Waals surface area contributed by atoms with E-state index in [1.54, 1.807) is 0 Å². The van der Waals surface area contributed by atoms with E-state index in [1.165, 1.54) is 70.2 Å². The highest BCUT2D eigenvalue weighted by Gasteiger charge is 2.16. The molecule has 2 heteroatoms. The van der Waals surface area contributed by atoms with Gasteiger partial charge in [-0.05, 0) is 26.7 Å². The van der Waals surface area contributed by atoms with Crippen molar-refractivity contribution in [3.8, 4) is 0 Å². The zero-order chi connectivity index (χ0) is 13.2. The molecule has 106 valence electrons. The first kappa shape index (κ1) is 15.5. The molecular formula is C16H32N2. The van der Waals surface area contributed by atoms with Crippen LogP contribution >= 0.6 is 0 Å². The lowest BCUT2D eigenvalue weighted by molar-refractivity contribution is 0.291. The molecule has 0 fully saturated rings. The number of nitrogens with zero attached hydrogens (tertiary/aromatic N) is 2. The molecule has 1 aliphatic rings. The summed E-state index contributed by atoms with van der Waals surface area (Å²) in [6.45, 7) is 9.06. The zero-order valence-corrected chi connectivity index (χ0v) is 12.7. The maximum absolute atomic E-state index is 4.55. The van der Waals surface area contributed by atoms with E-state index >= 15 is 0 Å². The van der Waals surface area contributed by atoms with Crippen LogP contribution in [-0.2, 0) is 0 Å². The van der Waals surface area contributed by atoms with Gasteiger partial charge in [-0.1, -0.05) is 51.9 Å². The van der Waals surface area contributed by atoms with Crippen LogP contribution in [0.1, 0.15) is 78.6 Å². The molecule has 0 amide bonds. The van der Waals surface area contributed by atoms with Crippen molar-refractivity contribution in [3.63, 3.8) is 0 Å². The standard InChI is InChI=1S/C16H32N2/c1-4-5-6-7-8-9-10-12-15(2)18-14-11-13-17-16(18)3/h15H,4-14H2,1-3H3. The summed E-state index contributed by atoms with van der Waals surface area (Å²) in [6, 6.07) is 0.685. The van der Waals surface area contributed by atoms with Gasteiger partial charge in [-0.3, -0.25) is 4.99 Å². The third-order valence-electron chi connectivity index (χ3n) is 4.07. The van der Waals surface area contributed by atoms with Gasteiger partial charge in [-0.25, -0.2) is 0 Å². The van der Waals surface area contributed by atoms with E-state index in [0.29, 0.717) is 6.04 Å². The Kier molecular flexibility index (Phi) is 8.11. The number of hydrogen-bond acceptors (Lipinski definition) is 2. The highest BCUT2D eigenvalue weighted by atomic mass is 15.2. The molecule has 0 aliphatic carbocycles. The zero-order valence-electron chi connectivity index (χ0n) is 12.7. The molecule has 1 atom stereocenters. The van der Waals surface area contributed by atoms with Crippen LogP contribution in [0.4, 0.5) is 0 Å². The summed E-state index contributed by atoms with van der Waals surface area (Å²) >= 11 is 0. The van der Waals surface area contributed by atoms with Crippen LogP contribution in [0.3, 0.4) is 0 Å². The molecule has 0 N–H and O–H groups in total. The lowest BCUT2D eigenvalue weighted by Crippen LogP contribution is -2.40. The van der Waals surface area contributed by atoms with E-state index in [4.69, 9.17) is 0 Å². The van der Waals surface area contributed by atoms with E-state index in [1.807, 2.05) is 0 Å². The highest BCUT2D eigenvalue weighted by molar-refractivity contribution is 5.80. The van der Waals surface area contributed by atoms with Gasteiger partial charge in [0.25, 0.3) is 0 Å². The quantitative estimate of drug-likeness (QED) is 0.546. The Morgan fingerprint density at radius 2 is 1.78 bits per heavy atom. The molecule has 2 nitrogen and oxygen atoms in total. The summed E-state index contributed by atoms with van der Waals surface area (Å²) in [5.74, 6) is 1.26. The Morgan fingerprint density at radius 3 is 2.44 bits per heavy atom. The average molecular weight is 252 g/mol. The fraction of sp³-hybridized carbons (Fsp3) is 0.938. The topological polar surface area (TPSA) is 15.6 Å². The minimum absolute atomic E-state index is 0.685. The summed E-state index contributed by atoms with van der Waals surface area (Å²) in [4.78, 5) is 7.05. The van der Waals surface area contributed by atoms with Gasteiger partial charge in [0.1, 0.15) is 0 Å². The van der Waals surface area contributed by atoms with Crippen LogP contribution in [0, 0.1) is 0 Å². The molecule has 0 spiro atoms. The summed E-state index contributed by atoms with van der Waals surface area (Å²) < 4.78 is 0. The molecule has 0 bridgehead atoms. The second-order valence-electron chi connectivity index (χ2n) is 5.73. The molecule has 1 unspecified atom stereocenters. The van der Waals surface area contributed by atoms with Gasteiger partial charge in [-0.2, -0.15) is 0 Å². The molecule has 0 saturated heterocycles. The molecule has 0 saturated carbocycles. The normalized spacial score (nSPS) is 17.7. The molecule has 0 aromatic carbocycles. The summed E-state index contributed by atoms with van der Waals surface area (Å²) in [5, 5.41) is 0. The van der Waals surface area contributed by atoms with Crippen molar-refractivity contribution in [2.75, 3.05) is 13.1 Å². The lowest BCUT2D eigenvalue weighted by atomic mass is 10.0. The highest BCUT2D eigenvalue weighted by Crippen LogP contribution is 2.15. The van der Waals surface area contributed by atoms with Crippen molar-refractivity contribution >= 4 is 5.84 Å². The van der Waals surface area contributed by atoms with E-state index in [0.717, 1.165) is 6.54 Å². The average Bonchev–Trinajstić information content (AvgIpc) is 2.38.